The molecule has 3 rings (SSSR count). The van der Waals surface area contributed by atoms with Crippen LogP contribution in [0.5, 0.6) is 5.75 Å². The second kappa shape index (κ2) is 8.21. The molecule has 0 aliphatic heterocycles. The number of fused-ring (bicyclic) bond motifs is 1. The van der Waals surface area contributed by atoms with Gasteiger partial charge < -0.3 is 14.5 Å². The normalized spacial score (nSPS) is 10.8. The molecule has 0 bridgehead atoms. The predicted molar refractivity (Wildman–Crippen MR) is 107 cm³/mol. The Morgan fingerprint density at radius 1 is 1.11 bits per heavy atom. The van der Waals surface area contributed by atoms with Gasteiger partial charge in [0.1, 0.15) is 11.3 Å². The Morgan fingerprint density at radius 2 is 1.81 bits per heavy atom. The molecule has 5 nitrogen and oxygen atoms in total. The minimum Gasteiger partial charge on any atom is -0.484 e. The Hall–Kier alpha value is -2.21. The zero-order valence-electron chi connectivity index (χ0n) is 14.1. The zero-order chi connectivity index (χ0) is 19.6. The van der Waals surface area contributed by atoms with Gasteiger partial charge in [-0.15, -0.1) is 0 Å². The number of nitrogens with one attached hydrogen (secondary N) is 1. The van der Waals surface area contributed by atoms with E-state index in [-0.39, 0.29) is 22.3 Å². The summed E-state index contributed by atoms with van der Waals surface area (Å²) in [5.74, 6) is -0.0627. The van der Waals surface area contributed by atoms with Gasteiger partial charge in [0.25, 0.3) is 5.91 Å². The monoisotopic (exact) mass is 425 g/mol. The van der Waals surface area contributed by atoms with Crippen molar-refractivity contribution in [2.45, 2.75) is 13.3 Å². The van der Waals surface area contributed by atoms with Crippen molar-refractivity contribution in [3.05, 3.63) is 67.4 Å². The van der Waals surface area contributed by atoms with Crippen molar-refractivity contribution >= 4 is 57.4 Å². The van der Waals surface area contributed by atoms with Crippen LogP contribution >= 0.6 is 34.8 Å². The van der Waals surface area contributed by atoms with Gasteiger partial charge in [0.05, 0.1) is 15.7 Å². The first-order valence-corrected chi connectivity index (χ1v) is 9.14. The predicted octanol–water partition coefficient (Wildman–Crippen LogP) is 5.33. The van der Waals surface area contributed by atoms with Crippen LogP contribution in [0, 0.1) is 0 Å². The molecule has 3 aromatic rings. The van der Waals surface area contributed by atoms with Crippen LogP contribution in [0.25, 0.3) is 11.0 Å². The number of halogens is 3. The number of ether oxygens (including phenoxy) is 1. The van der Waals surface area contributed by atoms with Gasteiger partial charge in [-0.25, -0.2) is 4.79 Å². The van der Waals surface area contributed by atoms with E-state index in [1.165, 1.54) is 18.2 Å². The van der Waals surface area contributed by atoms with Gasteiger partial charge in [-0.1, -0.05) is 41.7 Å². The number of hydrogen-bond donors (Lipinski definition) is 1. The van der Waals surface area contributed by atoms with E-state index in [0.29, 0.717) is 22.8 Å². The van der Waals surface area contributed by atoms with E-state index in [1.807, 2.05) is 6.92 Å². The number of aryl methyl sites for hydroxylation is 1. The molecular formula is C19H14Cl3NO4. The summed E-state index contributed by atoms with van der Waals surface area (Å²) < 4.78 is 10.7. The van der Waals surface area contributed by atoms with Crippen LogP contribution in [0.1, 0.15) is 12.5 Å². The summed E-state index contributed by atoms with van der Waals surface area (Å²) in [5, 5.41) is 4.22. The molecule has 0 spiro atoms. The van der Waals surface area contributed by atoms with Gasteiger partial charge in [0, 0.05) is 22.5 Å². The fourth-order valence-electron chi connectivity index (χ4n) is 2.58. The Labute approximate surface area is 169 Å². The summed E-state index contributed by atoms with van der Waals surface area (Å²) in [6.07, 6.45) is 0.702. The van der Waals surface area contributed by atoms with Crippen molar-refractivity contribution in [1.29, 1.82) is 0 Å². The summed E-state index contributed by atoms with van der Waals surface area (Å²) in [5.41, 5.74) is 1.12. The lowest BCUT2D eigenvalue weighted by atomic mass is 10.1. The third-order valence-corrected chi connectivity index (χ3v) is 4.64. The van der Waals surface area contributed by atoms with Gasteiger partial charge in [-0.3, -0.25) is 4.79 Å². The first kappa shape index (κ1) is 19.5. The van der Waals surface area contributed by atoms with Crippen LogP contribution < -0.4 is 15.7 Å². The lowest BCUT2D eigenvalue weighted by Crippen LogP contribution is -2.20. The van der Waals surface area contributed by atoms with E-state index in [1.54, 1.807) is 18.2 Å². The lowest BCUT2D eigenvalue weighted by Gasteiger charge is -2.11. The number of amides is 1. The summed E-state index contributed by atoms with van der Waals surface area (Å²) >= 11 is 17.9. The molecule has 0 atom stereocenters. The highest BCUT2D eigenvalue weighted by Crippen LogP contribution is 2.33. The number of benzene rings is 2. The maximum atomic E-state index is 12.1. The van der Waals surface area contributed by atoms with Crippen LogP contribution in [0.3, 0.4) is 0 Å². The first-order chi connectivity index (χ1) is 12.9. The fourth-order valence-corrected chi connectivity index (χ4v) is 3.49. The van der Waals surface area contributed by atoms with Gasteiger partial charge in [0.2, 0.25) is 0 Å². The molecule has 140 valence electrons. The molecule has 1 aromatic heterocycles. The van der Waals surface area contributed by atoms with Crippen LogP contribution in [-0.2, 0) is 11.2 Å². The van der Waals surface area contributed by atoms with Crippen LogP contribution in [-0.4, -0.2) is 12.5 Å². The summed E-state index contributed by atoms with van der Waals surface area (Å²) in [6.45, 7) is 1.68. The summed E-state index contributed by atoms with van der Waals surface area (Å²) in [4.78, 5) is 23.8. The van der Waals surface area contributed by atoms with Crippen molar-refractivity contribution in [1.82, 2.24) is 0 Å². The third kappa shape index (κ3) is 4.56. The number of carbonyl (C=O) groups excluding carboxylic acids is 1. The van der Waals surface area contributed by atoms with E-state index in [0.717, 1.165) is 10.9 Å². The van der Waals surface area contributed by atoms with Gasteiger partial charge >= 0.3 is 5.63 Å². The van der Waals surface area contributed by atoms with Gasteiger partial charge in [-0.2, -0.15) is 0 Å². The van der Waals surface area contributed by atoms with E-state index in [2.05, 4.69) is 5.32 Å². The molecular weight excluding hydrogens is 413 g/mol. The highest BCUT2D eigenvalue weighted by Gasteiger charge is 2.12. The quantitative estimate of drug-likeness (QED) is 0.560. The molecule has 1 N–H and O–H groups in total. The van der Waals surface area contributed by atoms with Crippen LogP contribution in [0.15, 0.2) is 45.6 Å². The molecule has 1 heterocycles. The van der Waals surface area contributed by atoms with Crippen LogP contribution in [0.4, 0.5) is 5.69 Å². The third-order valence-electron chi connectivity index (χ3n) is 3.82. The molecule has 0 radical (unpaired) electrons. The van der Waals surface area contributed by atoms with E-state index < -0.39 is 11.5 Å². The van der Waals surface area contributed by atoms with E-state index in [9.17, 15) is 9.59 Å². The maximum absolute atomic E-state index is 12.1. The molecule has 2 aromatic carbocycles. The van der Waals surface area contributed by atoms with Crippen molar-refractivity contribution in [3.63, 3.8) is 0 Å². The number of hydrogen-bond acceptors (Lipinski definition) is 4. The Kier molecular flexibility index (Phi) is 5.95. The SMILES string of the molecule is CCc1cc(=O)oc2cc(OCC(=O)Nc3c(Cl)cc(Cl)cc3Cl)ccc12. The number of carbonyl (C=O) groups is 1. The second-order valence-electron chi connectivity index (χ2n) is 5.68. The molecule has 0 aliphatic rings. The molecule has 8 heteroatoms. The zero-order valence-corrected chi connectivity index (χ0v) is 16.4. The fraction of sp³-hybridized carbons (Fsp3) is 0.158. The average Bonchev–Trinajstić information content (AvgIpc) is 2.61. The molecule has 27 heavy (non-hydrogen) atoms. The smallest absolute Gasteiger partial charge is 0.336 e. The standard InChI is InChI=1S/C19H14Cl3NO4/c1-2-10-5-18(25)27-16-8-12(3-4-13(10)16)26-9-17(24)23-19-14(21)6-11(20)7-15(19)22/h3-8H,2,9H2,1H3,(H,23,24). The Bertz CT molecular complexity index is 1060. The average molecular weight is 427 g/mol. The minimum absolute atomic E-state index is 0.223. The van der Waals surface area contributed by atoms with Crippen molar-refractivity contribution in [2.24, 2.45) is 0 Å². The van der Waals surface area contributed by atoms with Gasteiger partial charge in [-0.05, 0) is 36.2 Å². The van der Waals surface area contributed by atoms with Crippen molar-refractivity contribution in [2.75, 3.05) is 11.9 Å². The summed E-state index contributed by atoms with van der Waals surface area (Å²) in [6, 6.07) is 9.49. The van der Waals surface area contributed by atoms with E-state index in [4.69, 9.17) is 44.0 Å². The molecule has 0 unspecified atom stereocenters. The van der Waals surface area contributed by atoms with Crippen molar-refractivity contribution < 1.29 is 13.9 Å². The van der Waals surface area contributed by atoms with Crippen molar-refractivity contribution in [3.8, 4) is 5.75 Å². The topological polar surface area (TPSA) is 68.5 Å². The number of anilines is 1. The minimum atomic E-state index is -0.454. The largest absolute Gasteiger partial charge is 0.484 e. The summed E-state index contributed by atoms with van der Waals surface area (Å²) in [7, 11) is 0. The molecule has 0 aliphatic carbocycles. The molecule has 0 fully saturated rings. The van der Waals surface area contributed by atoms with E-state index >= 15 is 0 Å². The number of rotatable bonds is 5. The Balaban J connectivity index is 1.73. The van der Waals surface area contributed by atoms with Crippen LogP contribution in [0.2, 0.25) is 15.1 Å². The maximum Gasteiger partial charge on any atom is 0.336 e. The molecule has 0 saturated heterocycles. The molecule has 0 saturated carbocycles. The first-order valence-electron chi connectivity index (χ1n) is 8.01. The Morgan fingerprint density at radius 3 is 2.48 bits per heavy atom. The molecule has 1 amide bonds. The van der Waals surface area contributed by atoms with Gasteiger partial charge in [0.15, 0.2) is 6.61 Å². The second-order valence-corrected chi connectivity index (χ2v) is 6.93. The highest BCUT2D eigenvalue weighted by atomic mass is 35.5. The highest BCUT2D eigenvalue weighted by molar-refractivity contribution is 6.42. The lowest BCUT2D eigenvalue weighted by molar-refractivity contribution is -0.118.